The van der Waals surface area contributed by atoms with Gasteiger partial charge in [-0.2, -0.15) is 13.2 Å². The Morgan fingerprint density at radius 3 is 2.27 bits per heavy atom. The van der Waals surface area contributed by atoms with Gasteiger partial charge in [-0.05, 0) is 38.5 Å². The zero-order valence-electron chi connectivity index (χ0n) is 12.2. The van der Waals surface area contributed by atoms with Gasteiger partial charge in [-0.15, -0.1) is 0 Å². The maximum atomic E-state index is 12.6. The molecule has 0 radical (unpaired) electrons. The second-order valence-electron chi connectivity index (χ2n) is 6.16. The number of carbonyl (C=O) groups is 2. The summed E-state index contributed by atoms with van der Waals surface area (Å²) in [5.74, 6) is -2.74. The summed E-state index contributed by atoms with van der Waals surface area (Å²) < 4.78 is 37.8. The molecule has 0 aromatic heterocycles. The number of urea groups is 1. The Bertz CT molecular complexity index is 420. The average Bonchev–Trinajstić information content (AvgIpc) is 2.47. The molecule has 1 aliphatic heterocycles. The van der Waals surface area contributed by atoms with Gasteiger partial charge in [0.2, 0.25) is 0 Å². The summed E-state index contributed by atoms with van der Waals surface area (Å²) >= 11 is 0. The first-order valence-corrected chi connectivity index (χ1v) is 7.62. The van der Waals surface area contributed by atoms with Gasteiger partial charge >= 0.3 is 18.2 Å². The van der Waals surface area contributed by atoms with E-state index < -0.39 is 24.0 Å². The number of piperidine rings is 1. The van der Waals surface area contributed by atoms with E-state index in [4.69, 9.17) is 5.11 Å². The Morgan fingerprint density at radius 2 is 1.73 bits per heavy atom. The minimum atomic E-state index is -4.16. The quantitative estimate of drug-likeness (QED) is 0.821. The van der Waals surface area contributed by atoms with Crippen LogP contribution in [0.4, 0.5) is 18.0 Å². The normalized spacial score (nSPS) is 30.0. The topological polar surface area (TPSA) is 69.6 Å². The molecule has 2 aliphatic rings. The first-order chi connectivity index (χ1) is 10.3. The molecule has 126 valence electrons. The van der Waals surface area contributed by atoms with Gasteiger partial charge in [0, 0.05) is 19.1 Å². The van der Waals surface area contributed by atoms with E-state index in [1.807, 2.05) is 0 Å². The number of likely N-dealkylation sites (tertiary alicyclic amines) is 1. The van der Waals surface area contributed by atoms with Crippen LogP contribution in [0.1, 0.15) is 38.5 Å². The van der Waals surface area contributed by atoms with Crippen LogP contribution in [-0.4, -0.2) is 47.3 Å². The van der Waals surface area contributed by atoms with E-state index in [-0.39, 0.29) is 31.5 Å². The molecule has 1 unspecified atom stereocenters. The lowest BCUT2D eigenvalue weighted by Gasteiger charge is -2.34. The predicted molar refractivity (Wildman–Crippen MR) is 72.3 cm³/mol. The summed E-state index contributed by atoms with van der Waals surface area (Å²) in [6.07, 6.45) is -2.28. The van der Waals surface area contributed by atoms with Crippen LogP contribution < -0.4 is 5.32 Å². The van der Waals surface area contributed by atoms with Crippen LogP contribution in [0.15, 0.2) is 0 Å². The molecule has 1 atom stereocenters. The Kier molecular flexibility index (Phi) is 5.18. The molecule has 0 spiro atoms. The summed E-state index contributed by atoms with van der Waals surface area (Å²) in [5.41, 5.74) is 0. The highest BCUT2D eigenvalue weighted by Crippen LogP contribution is 2.37. The van der Waals surface area contributed by atoms with Crippen LogP contribution in [0.25, 0.3) is 0 Å². The van der Waals surface area contributed by atoms with Crippen molar-refractivity contribution in [2.75, 3.05) is 13.1 Å². The summed E-state index contributed by atoms with van der Waals surface area (Å²) in [5, 5.41) is 11.7. The molecular weight excluding hydrogens is 301 g/mol. The number of carboxylic acid groups (broad SMARTS) is 1. The van der Waals surface area contributed by atoms with Crippen LogP contribution >= 0.6 is 0 Å². The monoisotopic (exact) mass is 322 g/mol. The van der Waals surface area contributed by atoms with Crippen molar-refractivity contribution in [2.45, 2.75) is 50.7 Å². The predicted octanol–water partition coefficient (Wildman–Crippen LogP) is 2.61. The van der Waals surface area contributed by atoms with Gasteiger partial charge in [-0.25, -0.2) is 4.79 Å². The van der Waals surface area contributed by atoms with Crippen molar-refractivity contribution in [3.8, 4) is 0 Å². The van der Waals surface area contributed by atoms with Crippen molar-refractivity contribution >= 4 is 12.0 Å². The molecule has 1 saturated carbocycles. The molecule has 2 N–H and O–H groups in total. The van der Waals surface area contributed by atoms with Gasteiger partial charge in [-0.1, -0.05) is 0 Å². The number of hydrogen-bond acceptors (Lipinski definition) is 2. The van der Waals surface area contributed by atoms with Gasteiger partial charge in [0.05, 0.1) is 11.8 Å². The lowest BCUT2D eigenvalue weighted by atomic mass is 9.85. The Morgan fingerprint density at radius 1 is 1.09 bits per heavy atom. The van der Waals surface area contributed by atoms with E-state index in [0.717, 1.165) is 0 Å². The molecule has 1 aliphatic carbocycles. The first kappa shape index (κ1) is 16.9. The number of rotatable bonds is 2. The summed E-state index contributed by atoms with van der Waals surface area (Å²) in [4.78, 5) is 24.5. The number of amides is 2. The highest BCUT2D eigenvalue weighted by molar-refractivity contribution is 5.76. The zero-order chi connectivity index (χ0) is 16.3. The van der Waals surface area contributed by atoms with Gasteiger partial charge in [0.1, 0.15) is 0 Å². The maximum Gasteiger partial charge on any atom is 0.391 e. The molecule has 0 aromatic rings. The molecule has 0 bridgehead atoms. The molecule has 2 fully saturated rings. The molecule has 2 amide bonds. The van der Waals surface area contributed by atoms with Crippen molar-refractivity contribution in [3.63, 3.8) is 0 Å². The van der Waals surface area contributed by atoms with Gasteiger partial charge in [-0.3, -0.25) is 4.79 Å². The second kappa shape index (κ2) is 6.75. The molecule has 5 nitrogen and oxygen atoms in total. The molecular formula is C14H21F3N2O3. The van der Waals surface area contributed by atoms with E-state index >= 15 is 0 Å². The van der Waals surface area contributed by atoms with E-state index in [0.29, 0.717) is 32.2 Å². The number of carbonyl (C=O) groups excluding carboxylic acids is 1. The Labute approximate surface area is 126 Å². The number of alkyl halides is 3. The molecule has 8 heteroatoms. The SMILES string of the molecule is O=C(O)C1CCCN(C(=O)NC2CCC(C(F)(F)F)CC2)C1. The highest BCUT2D eigenvalue weighted by Gasteiger charge is 2.41. The third-order valence-electron chi connectivity index (χ3n) is 4.58. The van der Waals surface area contributed by atoms with E-state index in [2.05, 4.69) is 5.32 Å². The lowest BCUT2D eigenvalue weighted by Crippen LogP contribution is -2.50. The zero-order valence-corrected chi connectivity index (χ0v) is 12.2. The fourth-order valence-corrected chi connectivity index (χ4v) is 3.19. The minimum absolute atomic E-state index is 0.0339. The highest BCUT2D eigenvalue weighted by atomic mass is 19.4. The lowest BCUT2D eigenvalue weighted by molar-refractivity contribution is -0.182. The maximum absolute atomic E-state index is 12.6. The molecule has 2 rings (SSSR count). The summed E-state index contributed by atoms with van der Waals surface area (Å²) in [6.45, 7) is 0.659. The summed E-state index contributed by atoms with van der Waals surface area (Å²) in [6, 6.07) is -0.613. The van der Waals surface area contributed by atoms with Crippen molar-refractivity contribution in [1.82, 2.24) is 10.2 Å². The van der Waals surface area contributed by atoms with Crippen LogP contribution in [-0.2, 0) is 4.79 Å². The second-order valence-corrected chi connectivity index (χ2v) is 6.16. The van der Waals surface area contributed by atoms with Crippen molar-refractivity contribution in [1.29, 1.82) is 0 Å². The van der Waals surface area contributed by atoms with Crippen molar-refractivity contribution < 1.29 is 27.9 Å². The third kappa shape index (κ3) is 4.27. The number of carboxylic acids is 1. The van der Waals surface area contributed by atoms with Gasteiger partial charge in [0.15, 0.2) is 0 Å². The van der Waals surface area contributed by atoms with Crippen LogP contribution in [0, 0.1) is 11.8 Å². The average molecular weight is 322 g/mol. The first-order valence-electron chi connectivity index (χ1n) is 7.62. The standard InChI is InChI=1S/C14H21F3N2O3/c15-14(16,17)10-3-5-11(6-4-10)18-13(22)19-7-1-2-9(8-19)12(20)21/h9-11H,1-8H2,(H,18,22)(H,20,21). The summed E-state index contributed by atoms with van der Waals surface area (Å²) in [7, 11) is 0. The Hall–Kier alpha value is -1.47. The van der Waals surface area contributed by atoms with Crippen molar-refractivity contribution in [2.24, 2.45) is 11.8 Å². The van der Waals surface area contributed by atoms with Gasteiger partial charge < -0.3 is 15.3 Å². The van der Waals surface area contributed by atoms with Gasteiger partial charge in [0.25, 0.3) is 0 Å². The number of hydrogen-bond donors (Lipinski definition) is 2. The van der Waals surface area contributed by atoms with E-state index in [9.17, 15) is 22.8 Å². The number of nitrogens with one attached hydrogen (secondary N) is 1. The minimum Gasteiger partial charge on any atom is -0.481 e. The van der Waals surface area contributed by atoms with E-state index in [1.54, 1.807) is 0 Å². The smallest absolute Gasteiger partial charge is 0.391 e. The van der Waals surface area contributed by atoms with Crippen LogP contribution in [0.5, 0.6) is 0 Å². The van der Waals surface area contributed by atoms with Crippen LogP contribution in [0.2, 0.25) is 0 Å². The Balaban J connectivity index is 1.79. The molecule has 1 saturated heterocycles. The molecule has 0 aromatic carbocycles. The number of aliphatic carboxylic acids is 1. The fraction of sp³-hybridized carbons (Fsp3) is 0.857. The van der Waals surface area contributed by atoms with E-state index in [1.165, 1.54) is 4.90 Å². The van der Waals surface area contributed by atoms with Crippen molar-refractivity contribution in [3.05, 3.63) is 0 Å². The largest absolute Gasteiger partial charge is 0.481 e. The number of nitrogens with zero attached hydrogens (tertiary/aromatic N) is 1. The molecule has 22 heavy (non-hydrogen) atoms. The number of halogens is 3. The molecule has 1 heterocycles. The van der Waals surface area contributed by atoms with Crippen LogP contribution in [0.3, 0.4) is 0 Å². The fourth-order valence-electron chi connectivity index (χ4n) is 3.19. The third-order valence-corrected chi connectivity index (χ3v) is 4.58.